The molecule has 1 aromatic rings. The van der Waals surface area contributed by atoms with Gasteiger partial charge in [0.2, 0.25) is 0 Å². The molecule has 0 fully saturated rings. The largest absolute Gasteiger partial charge is 0.481 e. The summed E-state index contributed by atoms with van der Waals surface area (Å²) in [5.41, 5.74) is 0. The molecule has 1 rings (SSSR count). The molecule has 14 heavy (non-hydrogen) atoms. The van der Waals surface area contributed by atoms with Crippen LogP contribution in [0.25, 0.3) is 0 Å². The summed E-state index contributed by atoms with van der Waals surface area (Å²) in [6.45, 7) is 0. The molecule has 0 aromatic carbocycles. The third-order valence-corrected chi connectivity index (χ3v) is 0.875. The van der Waals surface area contributed by atoms with E-state index in [4.69, 9.17) is 15.3 Å². The molecule has 1 aromatic heterocycles. The summed E-state index contributed by atoms with van der Waals surface area (Å²) in [6.07, 6.45) is 2.53. The summed E-state index contributed by atoms with van der Waals surface area (Å²) >= 11 is 0. The molecule has 3 N–H and O–H groups in total. The minimum absolute atomic E-state index is 0.0324. The van der Waals surface area contributed by atoms with Crippen molar-refractivity contribution in [1.29, 1.82) is 0 Å². The van der Waals surface area contributed by atoms with Crippen molar-refractivity contribution in [2.75, 3.05) is 0 Å². The van der Waals surface area contributed by atoms with Gasteiger partial charge in [0, 0.05) is 18.2 Å². The van der Waals surface area contributed by atoms with E-state index in [1.54, 1.807) is 6.07 Å². The molecule has 0 bridgehead atoms. The fourth-order valence-corrected chi connectivity index (χ4v) is 0.412. The summed E-state index contributed by atoms with van der Waals surface area (Å²) in [5, 5.41) is 23.9. The first kappa shape index (κ1) is 11.8. The molecule has 0 radical (unpaired) electrons. The van der Waals surface area contributed by atoms with Gasteiger partial charge in [-0.1, -0.05) is 0 Å². The Kier molecular flexibility index (Phi) is 5.29. The zero-order valence-electron chi connectivity index (χ0n) is 6.95. The van der Waals surface area contributed by atoms with Gasteiger partial charge < -0.3 is 19.7 Å². The van der Waals surface area contributed by atoms with Gasteiger partial charge in [-0.3, -0.25) is 0 Å². The molecule has 0 atom stereocenters. The van der Waals surface area contributed by atoms with Gasteiger partial charge in [-0.15, -0.1) is 0 Å². The van der Waals surface area contributed by atoms with E-state index in [0.717, 1.165) is 0 Å². The van der Waals surface area contributed by atoms with E-state index in [9.17, 15) is 9.59 Å². The van der Waals surface area contributed by atoms with E-state index in [1.165, 1.54) is 12.3 Å². The second kappa shape index (κ2) is 6.30. The lowest BCUT2D eigenvalue weighted by Crippen LogP contribution is -1.91. The van der Waals surface area contributed by atoms with E-state index in [1.807, 2.05) is 0 Å². The maximum Gasteiger partial charge on any atom is 0.328 e. The Balaban J connectivity index is 0.000000249. The van der Waals surface area contributed by atoms with Gasteiger partial charge in [0.05, 0.1) is 6.26 Å². The molecule has 6 nitrogen and oxygen atoms in total. The Hall–Kier alpha value is -2.24. The van der Waals surface area contributed by atoms with Crippen LogP contribution >= 0.6 is 0 Å². The number of carbonyl (C=O) groups is 2. The Labute approximate surface area is 78.7 Å². The highest BCUT2D eigenvalue weighted by Gasteiger charge is 1.88. The minimum atomic E-state index is -1.26. The van der Waals surface area contributed by atoms with Crippen LogP contribution in [0.15, 0.2) is 35.0 Å². The highest BCUT2D eigenvalue weighted by atomic mass is 16.5. The third-order valence-electron chi connectivity index (χ3n) is 0.875. The van der Waals surface area contributed by atoms with Crippen molar-refractivity contribution in [2.24, 2.45) is 0 Å². The lowest BCUT2D eigenvalue weighted by Gasteiger charge is -1.74. The van der Waals surface area contributed by atoms with Gasteiger partial charge in [0.1, 0.15) is 0 Å². The van der Waals surface area contributed by atoms with E-state index in [-0.39, 0.29) is 5.95 Å². The zero-order chi connectivity index (χ0) is 11.0. The zero-order valence-corrected chi connectivity index (χ0v) is 6.95. The first-order valence-electron chi connectivity index (χ1n) is 3.38. The molecule has 1 heterocycles. The Morgan fingerprint density at radius 2 is 1.71 bits per heavy atom. The SMILES string of the molecule is O=C(O)/C=C/C(=O)O.Oc1ccco1. The molecule has 0 amide bonds. The van der Waals surface area contributed by atoms with Crippen molar-refractivity contribution in [3.63, 3.8) is 0 Å². The lowest BCUT2D eigenvalue weighted by atomic mass is 10.5. The molecule has 0 aliphatic rings. The van der Waals surface area contributed by atoms with E-state index < -0.39 is 11.9 Å². The molecule has 0 spiro atoms. The molecule has 0 aliphatic carbocycles. The van der Waals surface area contributed by atoms with Crippen molar-refractivity contribution in [2.45, 2.75) is 0 Å². The second-order valence-corrected chi connectivity index (χ2v) is 1.96. The van der Waals surface area contributed by atoms with Gasteiger partial charge >= 0.3 is 11.9 Å². The van der Waals surface area contributed by atoms with Gasteiger partial charge in [-0.05, 0) is 6.07 Å². The highest BCUT2D eigenvalue weighted by Crippen LogP contribution is 2.04. The fourth-order valence-electron chi connectivity index (χ4n) is 0.412. The van der Waals surface area contributed by atoms with Crippen LogP contribution in [-0.4, -0.2) is 27.3 Å². The number of rotatable bonds is 2. The monoisotopic (exact) mass is 200 g/mol. The third kappa shape index (κ3) is 7.86. The van der Waals surface area contributed by atoms with Crippen LogP contribution in [0.3, 0.4) is 0 Å². The van der Waals surface area contributed by atoms with Crippen LogP contribution in [0, 0.1) is 0 Å². The van der Waals surface area contributed by atoms with Crippen LogP contribution in [-0.2, 0) is 9.59 Å². The number of aromatic hydroxyl groups is 1. The summed E-state index contributed by atoms with van der Waals surface area (Å²) in [7, 11) is 0. The molecule has 0 saturated heterocycles. The van der Waals surface area contributed by atoms with Gasteiger partial charge in [0.25, 0.3) is 5.95 Å². The summed E-state index contributed by atoms with van der Waals surface area (Å²) in [4.78, 5) is 19.1. The normalized spacial score (nSPS) is 9.14. The average molecular weight is 200 g/mol. The van der Waals surface area contributed by atoms with Crippen molar-refractivity contribution in [3.05, 3.63) is 30.5 Å². The van der Waals surface area contributed by atoms with Crippen LogP contribution in [0.5, 0.6) is 5.95 Å². The molecular formula is C8H8O6. The number of hydrogen-bond donors (Lipinski definition) is 3. The Morgan fingerprint density at radius 3 is 1.86 bits per heavy atom. The van der Waals surface area contributed by atoms with Crippen LogP contribution < -0.4 is 0 Å². The number of aliphatic carboxylic acids is 2. The number of carboxylic acids is 2. The van der Waals surface area contributed by atoms with E-state index in [0.29, 0.717) is 12.2 Å². The topological polar surface area (TPSA) is 108 Å². The number of hydrogen-bond acceptors (Lipinski definition) is 4. The van der Waals surface area contributed by atoms with Crippen LogP contribution in [0.1, 0.15) is 0 Å². The van der Waals surface area contributed by atoms with E-state index in [2.05, 4.69) is 4.42 Å². The van der Waals surface area contributed by atoms with Crippen molar-refractivity contribution in [3.8, 4) is 5.95 Å². The maximum atomic E-state index is 9.55. The first-order chi connectivity index (χ1) is 6.52. The van der Waals surface area contributed by atoms with Gasteiger partial charge in [0.15, 0.2) is 0 Å². The first-order valence-corrected chi connectivity index (χ1v) is 3.38. The average Bonchev–Trinajstić information content (AvgIpc) is 2.53. The summed E-state index contributed by atoms with van der Waals surface area (Å²) < 4.78 is 4.39. The fraction of sp³-hybridized carbons (Fsp3) is 0. The summed E-state index contributed by atoms with van der Waals surface area (Å²) in [6, 6.07) is 3.09. The van der Waals surface area contributed by atoms with Crippen LogP contribution in [0.4, 0.5) is 0 Å². The number of furan rings is 1. The maximum absolute atomic E-state index is 9.55. The molecular weight excluding hydrogens is 192 g/mol. The predicted octanol–water partition coefficient (Wildman–Crippen LogP) is 0.697. The molecule has 0 unspecified atom stereocenters. The molecule has 76 valence electrons. The van der Waals surface area contributed by atoms with Crippen molar-refractivity contribution < 1.29 is 29.3 Å². The van der Waals surface area contributed by atoms with Crippen LogP contribution in [0.2, 0.25) is 0 Å². The van der Waals surface area contributed by atoms with Gasteiger partial charge in [-0.25, -0.2) is 9.59 Å². The lowest BCUT2D eigenvalue weighted by molar-refractivity contribution is -0.134. The standard InChI is InChI=1S/C4H4O4.C4H4O2/c5-3(6)1-2-4(7)8;5-4-2-1-3-6-4/h1-2H,(H,5,6)(H,7,8);1-3,5H/b2-1+;. The second-order valence-electron chi connectivity index (χ2n) is 1.96. The molecule has 6 heteroatoms. The Bertz CT molecular complexity index is 295. The number of carboxylic acid groups (broad SMARTS) is 2. The summed E-state index contributed by atoms with van der Waals surface area (Å²) in [5.74, 6) is -2.55. The molecule has 0 saturated carbocycles. The highest BCUT2D eigenvalue weighted by molar-refractivity contribution is 5.89. The predicted molar refractivity (Wildman–Crippen MR) is 44.8 cm³/mol. The quantitative estimate of drug-likeness (QED) is 0.606. The molecule has 0 aliphatic heterocycles. The van der Waals surface area contributed by atoms with E-state index >= 15 is 0 Å². The van der Waals surface area contributed by atoms with Gasteiger partial charge in [-0.2, -0.15) is 0 Å². The minimum Gasteiger partial charge on any atom is -0.481 e. The Morgan fingerprint density at radius 1 is 1.21 bits per heavy atom. The van der Waals surface area contributed by atoms with Crippen molar-refractivity contribution >= 4 is 11.9 Å². The smallest absolute Gasteiger partial charge is 0.328 e. The van der Waals surface area contributed by atoms with Crippen molar-refractivity contribution in [1.82, 2.24) is 0 Å².